The molecule has 1 aliphatic rings. The van der Waals surface area contributed by atoms with Crippen molar-refractivity contribution in [2.45, 2.75) is 25.3 Å². The number of pyridine rings is 1. The van der Waals surface area contributed by atoms with Crippen LogP contribution >= 0.6 is 11.8 Å². The molecule has 17 heavy (non-hydrogen) atoms. The van der Waals surface area contributed by atoms with E-state index in [1.165, 1.54) is 36.6 Å². The molecule has 2 rings (SSSR count). The van der Waals surface area contributed by atoms with Gasteiger partial charge in [0.25, 0.3) is 0 Å². The summed E-state index contributed by atoms with van der Waals surface area (Å²) in [7, 11) is 0. The van der Waals surface area contributed by atoms with Crippen molar-refractivity contribution in [2.24, 2.45) is 11.8 Å². The number of halogens is 1. The van der Waals surface area contributed by atoms with Gasteiger partial charge in [-0.15, -0.1) is 0 Å². The predicted octanol–water partition coefficient (Wildman–Crippen LogP) is 2.26. The number of nitrogens with one attached hydrogen (secondary N) is 1. The van der Waals surface area contributed by atoms with Crippen molar-refractivity contribution in [3.05, 3.63) is 29.8 Å². The average molecular weight is 255 g/mol. The summed E-state index contributed by atoms with van der Waals surface area (Å²) in [4.78, 5) is 3.87. The number of hydrogen-bond donors (Lipinski definition) is 2. The molecule has 1 fully saturated rings. The molecular weight excluding hydrogens is 237 g/mol. The first-order valence-electron chi connectivity index (χ1n) is 5.94. The number of rotatable bonds is 4. The van der Waals surface area contributed by atoms with Crippen LogP contribution in [-0.4, -0.2) is 16.5 Å². The summed E-state index contributed by atoms with van der Waals surface area (Å²) in [5.74, 6) is 8.40. The second-order valence-electron chi connectivity index (χ2n) is 4.45. The molecule has 1 aliphatic heterocycles. The van der Waals surface area contributed by atoms with Crippen molar-refractivity contribution >= 4 is 11.8 Å². The Bertz CT molecular complexity index is 355. The maximum atomic E-state index is 13.1. The highest BCUT2D eigenvalue weighted by Gasteiger charge is 2.20. The van der Waals surface area contributed by atoms with Gasteiger partial charge in [-0.25, -0.2) is 4.39 Å². The molecule has 5 heteroatoms. The van der Waals surface area contributed by atoms with E-state index in [1.807, 2.05) is 11.8 Å². The Kier molecular flexibility index (Phi) is 4.76. The SMILES string of the molecule is NNC(CC1CCSCC1)c1cncc(F)c1. The van der Waals surface area contributed by atoms with Gasteiger partial charge in [-0.2, -0.15) is 11.8 Å². The summed E-state index contributed by atoms with van der Waals surface area (Å²) in [5.41, 5.74) is 3.62. The Hall–Kier alpha value is -0.650. The summed E-state index contributed by atoms with van der Waals surface area (Å²) < 4.78 is 13.1. The van der Waals surface area contributed by atoms with Crippen LogP contribution in [0.3, 0.4) is 0 Å². The number of nitrogens with two attached hydrogens (primary N) is 1. The van der Waals surface area contributed by atoms with Crippen LogP contribution in [0.2, 0.25) is 0 Å². The third kappa shape index (κ3) is 3.66. The minimum absolute atomic E-state index is 0.00583. The van der Waals surface area contributed by atoms with E-state index in [0.29, 0.717) is 5.92 Å². The first-order chi connectivity index (χ1) is 8.29. The Morgan fingerprint density at radius 3 is 2.88 bits per heavy atom. The predicted molar refractivity (Wildman–Crippen MR) is 68.9 cm³/mol. The molecule has 0 aliphatic carbocycles. The van der Waals surface area contributed by atoms with Gasteiger partial charge in [0.1, 0.15) is 5.82 Å². The molecule has 3 nitrogen and oxygen atoms in total. The molecule has 0 saturated carbocycles. The molecule has 0 amide bonds. The van der Waals surface area contributed by atoms with Crippen LogP contribution in [0, 0.1) is 11.7 Å². The number of thioether (sulfide) groups is 1. The third-order valence-corrected chi connectivity index (χ3v) is 4.29. The van der Waals surface area contributed by atoms with Crippen LogP contribution < -0.4 is 11.3 Å². The molecule has 94 valence electrons. The van der Waals surface area contributed by atoms with Crippen LogP contribution in [0.5, 0.6) is 0 Å². The lowest BCUT2D eigenvalue weighted by Crippen LogP contribution is -2.30. The highest BCUT2D eigenvalue weighted by molar-refractivity contribution is 7.99. The van der Waals surface area contributed by atoms with E-state index < -0.39 is 0 Å². The molecule has 0 spiro atoms. The van der Waals surface area contributed by atoms with Crippen molar-refractivity contribution < 1.29 is 4.39 Å². The van der Waals surface area contributed by atoms with Crippen molar-refractivity contribution in [1.29, 1.82) is 0 Å². The molecule has 1 aromatic rings. The maximum absolute atomic E-state index is 13.1. The number of aromatic nitrogens is 1. The van der Waals surface area contributed by atoms with Crippen molar-refractivity contribution in [3.8, 4) is 0 Å². The number of hydrazine groups is 1. The quantitative estimate of drug-likeness (QED) is 0.640. The standard InChI is InChI=1S/C12H18FN3S/c13-11-6-10(7-15-8-11)12(16-14)5-9-1-3-17-4-2-9/h6-9,12,16H,1-5,14H2. The van der Waals surface area contributed by atoms with E-state index in [1.54, 1.807) is 6.20 Å². The Balaban J connectivity index is 2.00. The van der Waals surface area contributed by atoms with Gasteiger partial charge in [-0.1, -0.05) is 0 Å². The van der Waals surface area contributed by atoms with Crippen LogP contribution in [0.1, 0.15) is 30.9 Å². The number of hydrogen-bond acceptors (Lipinski definition) is 4. The molecule has 1 aromatic heterocycles. The summed E-state index contributed by atoms with van der Waals surface area (Å²) in [5, 5.41) is 0. The van der Waals surface area contributed by atoms with Gasteiger partial charge in [-0.3, -0.25) is 16.3 Å². The Morgan fingerprint density at radius 1 is 1.47 bits per heavy atom. The topological polar surface area (TPSA) is 50.9 Å². The lowest BCUT2D eigenvalue weighted by molar-refractivity contribution is 0.372. The van der Waals surface area contributed by atoms with Crippen molar-refractivity contribution in [1.82, 2.24) is 10.4 Å². The fourth-order valence-electron chi connectivity index (χ4n) is 2.23. The molecule has 1 saturated heterocycles. The van der Waals surface area contributed by atoms with Crippen LogP contribution in [-0.2, 0) is 0 Å². The van der Waals surface area contributed by atoms with E-state index in [0.717, 1.165) is 12.0 Å². The summed E-state index contributed by atoms with van der Waals surface area (Å²) >= 11 is 2.01. The molecule has 1 atom stereocenters. The van der Waals surface area contributed by atoms with Gasteiger partial charge < -0.3 is 0 Å². The van der Waals surface area contributed by atoms with E-state index >= 15 is 0 Å². The van der Waals surface area contributed by atoms with Gasteiger partial charge >= 0.3 is 0 Å². The van der Waals surface area contributed by atoms with Gasteiger partial charge in [-0.05, 0) is 48.3 Å². The fraction of sp³-hybridized carbons (Fsp3) is 0.583. The van der Waals surface area contributed by atoms with Crippen molar-refractivity contribution in [2.75, 3.05) is 11.5 Å². The Morgan fingerprint density at radius 2 is 2.24 bits per heavy atom. The lowest BCUT2D eigenvalue weighted by Gasteiger charge is -2.26. The second-order valence-corrected chi connectivity index (χ2v) is 5.67. The zero-order chi connectivity index (χ0) is 12.1. The van der Waals surface area contributed by atoms with E-state index in [2.05, 4.69) is 10.4 Å². The third-order valence-electron chi connectivity index (χ3n) is 3.24. The summed E-state index contributed by atoms with van der Waals surface area (Å²) in [6.45, 7) is 0. The largest absolute Gasteiger partial charge is 0.271 e. The smallest absolute Gasteiger partial charge is 0.141 e. The average Bonchev–Trinajstić information content (AvgIpc) is 2.37. The van der Waals surface area contributed by atoms with Crippen molar-refractivity contribution in [3.63, 3.8) is 0 Å². The molecule has 0 aromatic carbocycles. The molecule has 2 heterocycles. The van der Waals surface area contributed by atoms with E-state index in [4.69, 9.17) is 5.84 Å². The molecule has 0 radical (unpaired) electrons. The molecule has 3 N–H and O–H groups in total. The highest BCUT2D eigenvalue weighted by Crippen LogP contribution is 2.30. The van der Waals surface area contributed by atoms with E-state index in [-0.39, 0.29) is 11.9 Å². The molecular formula is C12H18FN3S. The molecule has 1 unspecified atom stereocenters. The zero-order valence-electron chi connectivity index (χ0n) is 9.73. The summed E-state index contributed by atoms with van der Waals surface area (Å²) in [6.07, 6.45) is 6.32. The summed E-state index contributed by atoms with van der Waals surface area (Å²) in [6, 6.07) is 1.51. The first kappa shape index (κ1) is 12.8. The highest BCUT2D eigenvalue weighted by atomic mass is 32.2. The minimum atomic E-state index is -0.304. The fourth-order valence-corrected chi connectivity index (χ4v) is 3.44. The first-order valence-corrected chi connectivity index (χ1v) is 7.09. The van der Waals surface area contributed by atoms with Crippen LogP contribution in [0.4, 0.5) is 4.39 Å². The minimum Gasteiger partial charge on any atom is -0.271 e. The lowest BCUT2D eigenvalue weighted by atomic mass is 9.91. The maximum Gasteiger partial charge on any atom is 0.141 e. The zero-order valence-corrected chi connectivity index (χ0v) is 10.5. The van der Waals surface area contributed by atoms with Crippen LogP contribution in [0.25, 0.3) is 0 Å². The van der Waals surface area contributed by atoms with Gasteiger partial charge in [0, 0.05) is 12.2 Å². The van der Waals surface area contributed by atoms with Gasteiger partial charge in [0.05, 0.1) is 6.20 Å². The van der Waals surface area contributed by atoms with Crippen LogP contribution in [0.15, 0.2) is 18.5 Å². The van der Waals surface area contributed by atoms with Gasteiger partial charge in [0.2, 0.25) is 0 Å². The molecule has 0 bridgehead atoms. The van der Waals surface area contributed by atoms with Gasteiger partial charge in [0.15, 0.2) is 0 Å². The number of nitrogens with zero attached hydrogens (tertiary/aromatic N) is 1. The van der Waals surface area contributed by atoms with E-state index in [9.17, 15) is 4.39 Å². The Labute approximate surface area is 105 Å². The monoisotopic (exact) mass is 255 g/mol. The normalized spacial score (nSPS) is 19.2. The second kappa shape index (κ2) is 6.33.